The van der Waals surface area contributed by atoms with Crippen molar-refractivity contribution in [2.45, 2.75) is 58.0 Å². The Balaban J connectivity index is 1.94. The minimum atomic E-state index is -0.564. The molecule has 0 saturated heterocycles. The molecule has 0 bridgehead atoms. The third kappa shape index (κ3) is 7.78. The maximum Gasteiger partial charge on any atom is 0.338 e. The van der Waals surface area contributed by atoms with Gasteiger partial charge in [-0.3, -0.25) is 0 Å². The fraction of sp³-hybridized carbons (Fsp3) is 0.375. The largest absolute Gasteiger partial charge is 0.458 e. The number of unbranched alkanes of at least 4 members (excludes halogenated alkanes) is 3. The SMILES string of the molecule is C=C(F)CC(Cc1ccc(CCCCCC)cc1)OC(=O)c1ccccc1. The molecule has 0 amide bonds. The highest BCUT2D eigenvalue weighted by Gasteiger charge is 2.18. The van der Waals surface area contributed by atoms with Crippen LogP contribution in [0.15, 0.2) is 67.0 Å². The minimum Gasteiger partial charge on any atom is -0.458 e. The van der Waals surface area contributed by atoms with Gasteiger partial charge in [0.2, 0.25) is 0 Å². The number of ether oxygens (including phenoxy) is 1. The third-order valence-corrected chi connectivity index (χ3v) is 4.54. The molecule has 0 spiro atoms. The molecule has 27 heavy (non-hydrogen) atoms. The molecule has 0 aliphatic heterocycles. The summed E-state index contributed by atoms with van der Waals surface area (Å²) in [6.45, 7) is 5.53. The van der Waals surface area contributed by atoms with Crippen molar-refractivity contribution in [1.82, 2.24) is 0 Å². The van der Waals surface area contributed by atoms with Crippen LogP contribution in [-0.4, -0.2) is 12.1 Å². The van der Waals surface area contributed by atoms with Crippen molar-refractivity contribution in [2.24, 2.45) is 0 Å². The predicted molar refractivity (Wildman–Crippen MR) is 109 cm³/mol. The van der Waals surface area contributed by atoms with E-state index in [0.717, 1.165) is 12.0 Å². The van der Waals surface area contributed by atoms with Crippen molar-refractivity contribution in [2.75, 3.05) is 0 Å². The summed E-state index contributed by atoms with van der Waals surface area (Å²) in [5.74, 6) is -0.914. The molecule has 0 aliphatic carbocycles. The molecule has 1 unspecified atom stereocenters. The average Bonchev–Trinajstić information content (AvgIpc) is 2.66. The first kappa shape index (κ1) is 20.9. The van der Waals surface area contributed by atoms with E-state index < -0.39 is 17.9 Å². The lowest BCUT2D eigenvalue weighted by atomic mass is 10.0. The number of hydrogen-bond donors (Lipinski definition) is 0. The van der Waals surface area contributed by atoms with Gasteiger partial charge in [-0.2, -0.15) is 0 Å². The second-order valence-corrected chi connectivity index (χ2v) is 6.95. The summed E-state index contributed by atoms with van der Waals surface area (Å²) >= 11 is 0. The molecule has 0 heterocycles. The van der Waals surface area contributed by atoms with Gasteiger partial charge in [0.1, 0.15) is 6.10 Å². The Morgan fingerprint density at radius 3 is 2.30 bits per heavy atom. The molecular weight excluding hydrogens is 339 g/mol. The summed E-state index contributed by atoms with van der Waals surface area (Å²) < 4.78 is 18.9. The first-order valence-corrected chi connectivity index (χ1v) is 9.75. The summed E-state index contributed by atoms with van der Waals surface area (Å²) in [5.41, 5.74) is 2.80. The number of carbonyl (C=O) groups is 1. The number of aryl methyl sites for hydroxylation is 1. The Morgan fingerprint density at radius 2 is 1.67 bits per heavy atom. The normalized spacial score (nSPS) is 11.8. The molecule has 1 atom stereocenters. The van der Waals surface area contributed by atoms with E-state index in [-0.39, 0.29) is 6.42 Å². The van der Waals surface area contributed by atoms with Crippen LogP contribution in [0.5, 0.6) is 0 Å². The Morgan fingerprint density at radius 1 is 1.00 bits per heavy atom. The van der Waals surface area contributed by atoms with E-state index in [2.05, 4.69) is 25.6 Å². The predicted octanol–water partition coefficient (Wildman–Crippen LogP) is 6.45. The maximum absolute atomic E-state index is 13.4. The van der Waals surface area contributed by atoms with Crippen molar-refractivity contribution in [3.63, 3.8) is 0 Å². The third-order valence-electron chi connectivity index (χ3n) is 4.54. The highest BCUT2D eigenvalue weighted by molar-refractivity contribution is 5.89. The molecule has 0 radical (unpaired) electrons. The molecule has 2 rings (SSSR count). The summed E-state index contributed by atoms with van der Waals surface area (Å²) in [4.78, 5) is 12.3. The summed E-state index contributed by atoms with van der Waals surface area (Å²) in [6, 6.07) is 17.1. The van der Waals surface area contributed by atoms with Crippen LogP contribution in [0.4, 0.5) is 4.39 Å². The number of hydrogen-bond acceptors (Lipinski definition) is 2. The van der Waals surface area contributed by atoms with Crippen molar-refractivity contribution in [3.8, 4) is 0 Å². The van der Waals surface area contributed by atoms with Crippen LogP contribution >= 0.6 is 0 Å². The highest BCUT2D eigenvalue weighted by Crippen LogP contribution is 2.17. The van der Waals surface area contributed by atoms with E-state index in [0.29, 0.717) is 12.0 Å². The van der Waals surface area contributed by atoms with Crippen LogP contribution in [0.3, 0.4) is 0 Å². The Labute approximate surface area is 162 Å². The van der Waals surface area contributed by atoms with Gasteiger partial charge in [-0.25, -0.2) is 9.18 Å². The van der Waals surface area contributed by atoms with E-state index >= 15 is 0 Å². The van der Waals surface area contributed by atoms with Gasteiger partial charge in [0.25, 0.3) is 0 Å². The van der Waals surface area contributed by atoms with Crippen LogP contribution in [0.1, 0.15) is 60.5 Å². The molecule has 3 heteroatoms. The standard InChI is InChI=1S/C24H29FO2/c1-3-4-5-7-10-20-13-15-21(16-14-20)18-23(17-19(2)25)27-24(26)22-11-8-6-9-12-22/h6,8-9,11-16,23H,2-5,7,10,17-18H2,1H3. The van der Waals surface area contributed by atoms with Crippen LogP contribution in [0.2, 0.25) is 0 Å². The molecule has 2 aromatic rings. The van der Waals surface area contributed by atoms with E-state index in [4.69, 9.17) is 4.74 Å². The topological polar surface area (TPSA) is 26.3 Å². The van der Waals surface area contributed by atoms with E-state index in [1.807, 2.05) is 18.2 Å². The lowest BCUT2D eigenvalue weighted by Crippen LogP contribution is -2.21. The van der Waals surface area contributed by atoms with Gasteiger partial charge >= 0.3 is 5.97 Å². The summed E-state index contributed by atoms with van der Waals surface area (Å²) in [5, 5.41) is 0. The monoisotopic (exact) mass is 368 g/mol. The molecule has 2 nitrogen and oxygen atoms in total. The zero-order valence-electron chi connectivity index (χ0n) is 16.1. The summed E-state index contributed by atoms with van der Waals surface area (Å²) in [7, 11) is 0. The Bertz CT molecular complexity index is 707. The second kappa shape index (κ2) is 11.3. The first-order chi connectivity index (χ1) is 13.1. The lowest BCUT2D eigenvalue weighted by molar-refractivity contribution is 0.0293. The smallest absolute Gasteiger partial charge is 0.338 e. The molecule has 0 aliphatic rings. The molecule has 0 fully saturated rings. The van der Waals surface area contributed by atoms with Crippen molar-refractivity contribution < 1.29 is 13.9 Å². The van der Waals surface area contributed by atoms with Crippen molar-refractivity contribution >= 4 is 5.97 Å². The van der Waals surface area contributed by atoms with Gasteiger partial charge in [0.05, 0.1) is 11.4 Å². The van der Waals surface area contributed by atoms with E-state index in [9.17, 15) is 9.18 Å². The van der Waals surface area contributed by atoms with Crippen LogP contribution in [-0.2, 0) is 17.6 Å². The lowest BCUT2D eigenvalue weighted by Gasteiger charge is -2.17. The van der Waals surface area contributed by atoms with Gasteiger partial charge in [-0.15, -0.1) is 0 Å². The fourth-order valence-corrected chi connectivity index (χ4v) is 3.06. The fourth-order valence-electron chi connectivity index (χ4n) is 3.06. The van der Waals surface area contributed by atoms with Crippen molar-refractivity contribution in [1.29, 1.82) is 0 Å². The maximum atomic E-state index is 13.4. The Kier molecular flexibility index (Phi) is 8.76. The number of carbonyl (C=O) groups excluding carboxylic acids is 1. The van der Waals surface area contributed by atoms with Gasteiger partial charge in [-0.05, 0) is 36.1 Å². The average molecular weight is 368 g/mol. The zero-order chi connectivity index (χ0) is 19.5. The second-order valence-electron chi connectivity index (χ2n) is 6.95. The first-order valence-electron chi connectivity index (χ1n) is 9.75. The highest BCUT2D eigenvalue weighted by atomic mass is 19.1. The molecule has 0 saturated carbocycles. The van der Waals surface area contributed by atoms with Gasteiger partial charge in [-0.1, -0.05) is 75.2 Å². The van der Waals surface area contributed by atoms with Gasteiger partial charge in [0.15, 0.2) is 0 Å². The Hall–Kier alpha value is -2.42. The number of esters is 1. The molecule has 0 N–H and O–H groups in total. The van der Waals surface area contributed by atoms with Crippen LogP contribution < -0.4 is 0 Å². The van der Waals surface area contributed by atoms with Crippen molar-refractivity contribution in [3.05, 3.63) is 83.7 Å². The van der Waals surface area contributed by atoms with Crippen LogP contribution in [0.25, 0.3) is 0 Å². The zero-order valence-corrected chi connectivity index (χ0v) is 16.1. The quantitative estimate of drug-likeness (QED) is 0.336. The molecule has 2 aromatic carbocycles. The van der Waals surface area contributed by atoms with Crippen LogP contribution in [0, 0.1) is 0 Å². The van der Waals surface area contributed by atoms with Gasteiger partial charge < -0.3 is 4.74 Å². The molecule has 0 aromatic heterocycles. The minimum absolute atomic E-state index is 0.0113. The van der Waals surface area contributed by atoms with Gasteiger partial charge in [0, 0.05) is 12.8 Å². The van der Waals surface area contributed by atoms with E-state index in [1.165, 1.54) is 31.2 Å². The van der Waals surface area contributed by atoms with E-state index in [1.54, 1.807) is 24.3 Å². The molecular formula is C24H29FO2. The molecule has 144 valence electrons. The number of benzene rings is 2. The number of halogens is 1. The number of rotatable bonds is 11. The summed E-state index contributed by atoms with van der Waals surface area (Å²) in [6.07, 6.45) is 5.97.